The zero-order chi connectivity index (χ0) is 25.3. The molecule has 0 aliphatic carbocycles. The molecule has 0 unspecified atom stereocenters. The first kappa shape index (κ1) is 24.7. The lowest BCUT2D eigenvalue weighted by Crippen LogP contribution is -2.15. The zero-order valence-corrected chi connectivity index (χ0v) is 20.4. The smallest absolute Gasteiger partial charge is 0.339 e. The summed E-state index contributed by atoms with van der Waals surface area (Å²) < 4.78 is 4.79. The van der Waals surface area contributed by atoms with Crippen LogP contribution in [0, 0.1) is 11.3 Å². The number of carbonyl (C=O) groups is 2. The molecule has 0 atom stereocenters. The molecule has 1 N–H and O–H groups in total. The van der Waals surface area contributed by atoms with E-state index in [4.69, 9.17) is 9.72 Å². The summed E-state index contributed by atoms with van der Waals surface area (Å²) in [6.07, 6.45) is 0.170. The van der Waals surface area contributed by atoms with Crippen LogP contribution in [-0.4, -0.2) is 29.7 Å². The standard InChI is InChI=1S/C29H23N3O3S/c1-35-29(34)22-14-8-9-15-25(22)31-27(33)16-17-36-28-24(19-30)23(20-10-4-2-5-11-20)18-26(32-28)21-12-6-3-7-13-21/h2-15,18H,16-17H2,1H3,(H,31,33). The molecule has 178 valence electrons. The molecule has 0 aliphatic rings. The predicted octanol–water partition coefficient (Wildman–Crippen LogP) is 6.19. The van der Waals surface area contributed by atoms with Gasteiger partial charge in [-0.05, 0) is 23.8 Å². The Balaban J connectivity index is 1.56. The molecular weight excluding hydrogens is 470 g/mol. The van der Waals surface area contributed by atoms with Crippen molar-refractivity contribution >= 4 is 29.3 Å². The quantitative estimate of drug-likeness (QED) is 0.232. The number of thioether (sulfide) groups is 1. The molecule has 36 heavy (non-hydrogen) atoms. The number of benzene rings is 3. The van der Waals surface area contributed by atoms with Crippen LogP contribution in [0.25, 0.3) is 22.4 Å². The van der Waals surface area contributed by atoms with Crippen LogP contribution in [0.5, 0.6) is 0 Å². The number of anilines is 1. The third-order valence-electron chi connectivity index (χ3n) is 5.43. The number of rotatable bonds is 8. The van der Waals surface area contributed by atoms with Crippen LogP contribution in [0.2, 0.25) is 0 Å². The number of methoxy groups -OCH3 is 1. The van der Waals surface area contributed by atoms with Gasteiger partial charge < -0.3 is 10.1 Å². The van der Waals surface area contributed by atoms with E-state index in [0.29, 0.717) is 22.0 Å². The van der Waals surface area contributed by atoms with Gasteiger partial charge in [-0.1, -0.05) is 72.8 Å². The largest absolute Gasteiger partial charge is 0.465 e. The Morgan fingerprint density at radius 1 is 0.944 bits per heavy atom. The van der Waals surface area contributed by atoms with E-state index in [0.717, 1.165) is 22.4 Å². The molecule has 6 nitrogen and oxygen atoms in total. The van der Waals surface area contributed by atoms with Crippen LogP contribution in [0.4, 0.5) is 5.69 Å². The molecular formula is C29H23N3O3S. The van der Waals surface area contributed by atoms with E-state index in [1.54, 1.807) is 24.3 Å². The number of nitrogens with zero attached hydrogens (tertiary/aromatic N) is 2. The second-order valence-electron chi connectivity index (χ2n) is 7.76. The molecule has 1 heterocycles. The van der Waals surface area contributed by atoms with Gasteiger partial charge in [0.05, 0.1) is 29.6 Å². The number of nitriles is 1. The fourth-order valence-electron chi connectivity index (χ4n) is 3.67. The zero-order valence-electron chi connectivity index (χ0n) is 19.6. The monoisotopic (exact) mass is 493 g/mol. The van der Waals surface area contributed by atoms with Gasteiger partial charge in [-0.3, -0.25) is 4.79 Å². The van der Waals surface area contributed by atoms with E-state index in [-0.39, 0.29) is 17.9 Å². The van der Waals surface area contributed by atoms with E-state index in [1.807, 2.05) is 66.7 Å². The first-order valence-electron chi connectivity index (χ1n) is 11.3. The second kappa shape index (κ2) is 11.8. The number of hydrogen-bond acceptors (Lipinski definition) is 6. The van der Waals surface area contributed by atoms with E-state index in [9.17, 15) is 14.9 Å². The Hall–Kier alpha value is -4.41. The minimum Gasteiger partial charge on any atom is -0.465 e. The third kappa shape index (κ3) is 5.80. The first-order chi connectivity index (χ1) is 17.6. The van der Waals surface area contributed by atoms with Gasteiger partial charge in [0.1, 0.15) is 11.1 Å². The van der Waals surface area contributed by atoms with Crippen molar-refractivity contribution < 1.29 is 14.3 Å². The lowest BCUT2D eigenvalue weighted by Gasteiger charge is -2.13. The van der Waals surface area contributed by atoms with Crippen molar-refractivity contribution in [3.63, 3.8) is 0 Å². The van der Waals surface area contributed by atoms with Crippen molar-refractivity contribution in [3.05, 3.63) is 102 Å². The summed E-state index contributed by atoms with van der Waals surface area (Å²) in [5.41, 5.74) is 4.58. The Morgan fingerprint density at radius 2 is 1.58 bits per heavy atom. The van der Waals surface area contributed by atoms with E-state index < -0.39 is 5.97 Å². The summed E-state index contributed by atoms with van der Waals surface area (Å²) in [4.78, 5) is 29.4. The second-order valence-corrected chi connectivity index (χ2v) is 8.85. The minimum atomic E-state index is -0.519. The summed E-state index contributed by atoms with van der Waals surface area (Å²) in [7, 11) is 1.30. The minimum absolute atomic E-state index is 0.170. The maximum Gasteiger partial charge on any atom is 0.339 e. The van der Waals surface area contributed by atoms with Gasteiger partial charge in [0.15, 0.2) is 0 Å². The highest BCUT2D eigenvalue weighted by Crippen LogP contribution is 2.34. The van der Waals surface area contributed by atoms with Crippen LogP contribution < -0.4 is 5.32 Å². The first-order valence-corrected chi connectivity index (χ1v) is 12.2. The number of ether oxygens (including phenoxy) is 1. The third-order valence-corrected chi connectivity index (χ3v) is 6.40. The molecule has 3 aromatic carbocycles. The average molecular weight is 494 g/mol. The number of carbonyl (C=O) groups excluding carboxylic acids is 2. The number of amides is 1. The van der Waals surface area contributed by atoms with Crippen molar-refractivity contribution in [2.75, 3.05) is 18.2 Å². The molecule has 0 saturated heterocycles. The van der Waals surface area contributed by atoms with E-state index in [1.165, 1.54) is 18.9 Å². The van der Waals surface area contributed by atoms with Gasteiger partial charge in [0, 0.05) is 23.3 Å². The number of pyridine rings is 1. The summed E-state index contributed by atoms with van der Waals surface area (Å²) in [5.74, 6) is -0.366. The van der Waals surface area contributed by atoms with E-state index >= 15 is 0 Å². The summed E-state index contributed by atoms with van der Waals surface area (Å²) in [6.45, 7) is 0. The maximum atomic E-state index is 12.6. The van der Waals surface area contributed by atoms with Crippen LogP contribution >= 0.6 is 11.8 Å². The molecule has 4 aromatic rings. The molecule has 1 aromatic heterocycles. The highest BCUT2D eigenvalue weighted by atomic mass is 32.2. The van der Waals surface area contributed by atoms with Crippen molar-refractivity contribution in [2.45, 2.75) is 11.4 Å². The highest BCUT2D eigenvalue weighted by molar-refractivity contribution is 7.99. The van der Waals surface area contributed by atoms with Crippen LogP contribution in [0.1, 0.15) is 22.3 Å². The molecule has 0 aliphatic heterocycles. The number of para-hydroxylation sites is 1. The summed E-state index contributed by atoms with van der Waals surface area (Å²) in [5, 5.41) is 13.4. The fraction of sp³-hybridized carbons (Fsp3) is 0.103. The van der Waals surface area contributed by atoms with Crippen molar-refractivity contribution in [2.24, 2.45) is 0 Å². The Bertz CT molecular complexity index is 1420. The summed E-state index contributed by atoms with van der Waals surface area (Å²) in [6, 6.07) is 30.4. The molecule has 0 bridgehead atoms. The average Bonchev–Trinajstić information content (AvgIpc) is 2.93. The van der Waals surface area contributed by atoms with Crippen LogP contribution in [-0.2, 0) is 9.53 Å². The van der Waals surface area contributed by atoms with Gasteiger partial charge in [0.2, 0.25) is 5.91 Å². The van der Waals surface area contributed by atoms with Gasteiger partial charge in [-0.15, -0.1) is 11.8 Å². The van der Waals surface area contributed by atoms with Crippen LogP contribution in [0.3, 0.4) is 0 Å². The molecule has 1 amide bonds. The number of esters is 1. The van der Waals surface area contributed by atoms with Crippen molar-refractivity contribution in [1.82, 2.24) is 4.98 Å². The van der Waals surface area contributed by atoms with Gasteiger partial charge in [-0.25, -0.2) is 9.78 Å². The summed E-state index contributed by atoms with van der Waals surface area (Å²) >= 11 is 1.36. The normalized spacial score (nSPS) is 10.3. The lowest BCUT2D eigenvalue weighted by atomic mass is 9.99. The fourth-order valence-corrected chi connectivity index (χ4v) is 4.61. The molecule has 7 heteroatoms. The topological polar surface area (TPSA) is 92.1 Å². The molecule has 0 saturated carbocycles. The predicted molar refractivity (Wildman–Crippen MR) is 142 cm³/mol. The van der Waals surface area contributed by atoms with Crippen molar-refractivity contribution in [1.29, 1.82) is 5.26 Å². The van der Waals surface area contributed by atoms with Gasteiger partial charge in [-0.2, -0.15) is 5.26 Å². The molecule has 4 rings (SSSR count). The molecule has 0 radical (unpaired) electrons. The van der Waals surface area contributed by atoms with E-state index in [2.05, 4.69) is 11.4 Å². The van der Waals surface area contributed by atoms with Gasteiger partial charge >= 0.3 is 5.97 Å². The van der Waals surface area contributed by atoms with Crippen LogP contribution in [0.15, 0.2) is 96.0 Å². The maximum absolute atomic E-state index is 12.6. The lowest BCUT2D eigenvalue weighted by molar-refractivity contribution is -0.115. The number of hydrogen-bond donors (Lipinski definition) is 1. The Morgan fingerprint density at radius 3 is 2.25 bits per heavy atom. The molecule has 0 fully saturated rings. The molecule has 0 spiro atoms. The highest BCUT2D eigenvalue weighted by Gasteiger charge is 2.17. The van der Waals surface area contributed by atoms with Crippen molar-refractivity contribution in [3.8, 4) is 28.5 Å². The number of aromatic nitrogens is 1. The SMILES string of the molecule is COC(=O)c1ccccc1NC(=O)CCSc1nc(-c2ccccc2)cc(-c2ccccc2)c1C#N. The van der Waals surface area contributed by atoms with Gasteiger partial charge in [0.25, 0.3) is 0 Å². The Labute approximate surface area is 214 Å². The number of nitrogens with one attached hydrogen (secondary N) is 1. The Kier molecular flexibility index (Phi) is 8.12.